The van der Waals surface area contributed by atoms with E-state index in [1.165, 1.54) is 36.8 Å². The molecule has 1 unspecified atom stereocenters. The smallest absolute Gasteiger partial charge is 0.0192 e. The number of aryl methyl sites for hydroxylation is 1. The van der Waals surface area contributed by atoms with E-state index in [-0.39, 0.29) is 0 Å². The molecule has 19 heavy (non-hydrogen) atoms. The standard InChI is InChI=1S/C18H27N/c1-14-7-5-9-16(11-14)18-12-15(2)8-6-10-17(18)13-19(3)4/h5,7,9,11,15H,6,8,10,12-13H2,1-4H3. The van der Waals surface area contributed by atoms with Gasteiger partial charge in [0.15, 0.2) is 0 Å². The van der Waals surface area contributed by atoms with E-state index in [1.54, 1.807) is 11.1 Å². The van der Waals surface area contributed by atoms with Gasteiger partial charge in [-0.3, -0.25) is 0 Å². The van der Waals surface area contributed by atoms with Crippen molar-refractivity contribution in [2.75, 3.05) is 20.6 Å². The highest BCUT2D eigenvalue weighted by atomic mass is 15.0. The van der Waals surface area contributed by atoms with Gasteiger partial charge in [0.1, 0.15) is 0 Å². The molecule has 1 nitrogen and oxygen atoms in total. The van der Waals surface area contributed by atoms with Gasteiger partial charge in [-0.05, 0) is 57.3 Å². The Morgan fingerprint density at radius 1 is 1.26 bits per heavy atom. The lowest BCUT2D eigenvalue weighted by Crippen LogP contribution is -2.16. The third-order valence-corrected chi connectivity index (χ3v) is 4.03. The van der Waals surface area contributed by atoms with E-state index in [4.69, 9.17) is 0 Å². The largest absolute Gasteiger partial charge is 0.305 e. The van der Waals surface area contributed by atoms with Gasteiger partial charge >= 0.3 is 0 Å². The van der Waals surface area contributed by atoms with Gasteiger partial charge in [0.05, 0.1) is 0 Å². The Hall–Kier alpha value is -1.08. The molecule has 0 aliphatic heterocycles. The van der Waals surface area contributed by atoms with Gasteiger partial charge in [0.2, 0.25) is 0 Å². The van der Waals surface area contributed by atoms with Crippen LogP contribution in [0.2, 0.25) is 0 Å². The van der Waals surface area contributed by atoms with Crippen molar-refractivity contribution in [2.45, 2.75) is 39.5 Å². The lowest BCUT2D eigenvalue weighted by molar-refractivity contribution is 0.438. The first-order valence-corrected chi connectivity index (χ1v) is 7.49. The van der Waals surface area contributed by atoms with E-state index < -0.39 is 0 Å². The molecule has 0 radical (unpaired) electrons. The maximum absolute atomic E-state index is 2.40. The minimum Gasteiger partial charge on any atom is -0.305 e. The van der Waals surface area contributed by atoms with Crippen LogP contribution in [0.4, 0.5) is 0 Å². The molecular formula is C18H27N. The van der Waals surface area contributed by atoms with E-state index in [1.807, 2.05) is 0 Å². The van der Waals surface area contributed by atoms with E-state index in [9.17, 15) is 0 Å². The van der Waals surface area contributed by atoms with Crippen LogP contribution in [0, 0.1) is 12.8 Å². The molecule has 0 heterocycles. The number of rotatable bonds is 3. The summed E-state index contributed by atoms with van der Waals surface area (Å²) in [4.78, 5) is 2.31. The summed E-state index contributed by atoms with van der Waals surface area (Å²) in [6, 6.07) is 9.02. The molecule has 0 amide bonds. The zero-order valence-corrected chi connectivity index (χ0v) is 12.9. The number of benzene rings is 1. The molecule has 1 aliphatic rings. The van der Waals surface area contributed by atoms with Crippen LogP contribution < -0.4 is 0 Å². The van der Waals surface area contributed by atoms with E-state index >= 15 is 0 Å². The first kappa shape index (κ1) is 14.3. The van der Waals surface area contributed by atoms with Gasteiger partial charge in [-0.2, -0.15) is 0 Å². The van der Waals surface area contributed by atoms with Crippen molar-refractivity contribution in [2.24, 2.45) is 5.92 Å². The predicted molar refractivity (Wildman–Crippen MR) is 84.3 cm³/mol. The zero-order valence-electron chi connectivity index (χ0n) is 12.9. The van der Waals surface area contributed by atoms with Crippen LogP contribution >= 0.6 is 0 Å². The first-order chi connectivity index (χ1) is 9.06. The van der Waals surface area contributed by atoms with Crippen molar-refractivity contribution < 1.29 is 0 Å². The fourth-order valence-corrected chi connectivity index (χ4v) is 3.12. The Labute approximate surface area is 118 Å². The van der Waals surface area contributed by atoms with Gasteiger partial charge in [-0.1, -0.05) is 48.7 Å². The zero-order chi connectivity index (χ0) is 13.8. The molecule has 1 aromatic rings. The minimum absolute atomic E-state index is 0.815. The molecule has 1 aliphatic carbocycles. The number of nitrogens with zero attached hydrogens (tertiary/aromatic N) is 1. The maximum atomic E-state index is 2.40. The molecule has 0 saturated heterocycles. The second-order valence-corrected chi connectivity index (χ2v) is 6.39. The van der Waals surface area contributed by atoms with Gasteiger partial charge in [-0.15, -0.1) is 0 Å². The average molecular weight is 257 g/mol. The minimum atomic E-state index is 0.815. The number of hydrogen-bond acceptors (Lipinski definition) is 1. The van der Waals surface area contributed by atoms with Gasteiger partial charge in [0.25, 0.3) is 0 Å². The molecule has 0 aromatic heterocycles. The Bertz CT molecular complexity index is 457. The van der Waals surface area contributed by atoms with Crippen LogP contribution in [-0.4, -0.2) is 25.5 Å². The lowest BCUT2D eigenvalue weighted by atomic mass is 9.91. The quantitative estimate of drug-likeness (QED) is 0.769. The van der Waals surface area contributed by atoms with Crippen molar-refractivity contribution in [1.82, 2.24) is 4.90 Å². The fraction of sp³-hybridized carbons (Fsp3) is 0.556. The van der Waals surface area contributed by atoms with Gasteiger partial charge < -0.3 is 4.90 Å². The SMILES string of the molecule is Cc1cccc(C2=C(CN(C)C)CCCC(C)C2)c1. The van der Waals surface area contributed by atoms with E-state index in [2.05, 4.69) is 57.1 Å². The Balaban J connectivity index is 2.39. The summed E-state index contributed by atoms with van der Waals surface area (Å²) in [6.45, 7) is 5.69. The van der Waals surface area contributed by atoms with Crippen molar-refractivity contribution >= 4 is 5.57 Å². The molecule has 0 fully saturated rings. The van der Waals surface area contributed by atoms with Crippen molar-refractivity contribution in [3.05, 3.63) is 41.0 Å². The third-order valence-electron chi connectivity index (χ3n) is 4.03. The van der Waals surface area contributed by atoms with Crippen molar-refractivity contribution in [3.63, 3.8) is 0 Å². The summed E-state index contributed by atoms with van der Waals surface area (Å²) < 4.78 is 0. The highest BCUT2D eigenvalue weighted by Crippen LogP contribution is 2.34. The van der Waals surface area contributed by atoms with Crippen LogP contribution in [0.25, 0.3) is 5.57 Å². The lowest BCUT2D eigenvalue weighted by Gasteiger charge is -2.18. The number of likely N-dealkylation sites (N-methyl/N-ethyl adjacent to an activating group) is 1. The summed E-state index contributed by atoms with van der Waals surface area (Å²) in [6.07, 6.45) is 5.23. The molecule has 2 rings (SSSR count). The predicted octanol–water partition coefficient (Wildman–Crippen LogP) is 4.52. The molecular weight excluding hydrogens is 230 g/mol. The van der Waals surface area contributed by atoms with Crippen LogP contribution in [0.1, 0.15) is 43.7 Å². The molecule has 104 valence electrons. The van der Waals surface area contributed by atoms with Crippen LogP contribution in [0.5, 0.6) is 0 Å². The molecule has 1 aromatic carbocycles. The monoisotopic (exact) mass is 257 g/mol. The van der Waals surface area contributed by atoms with Crippen LogP contribution in [0.15, 0.2) is 29.8 Å². The molecule has 0 spiro atoms. The first-order valence-electron chi connectivity index (χ1n) is 7.49. The third kappa shape index (κ3) is 3.94. The van der Waals surface area contributed by atoms with Crippen LogP contribution in [-0.2, 0) is 0 Å². The number of allylic oxidation sites excluding steroid dienone is 1. The fourth-order valence-electron chi connectivity index (χ4n) is 3.12. The Morgan fingerprint density at radius 2 is 2.05 bits per heavy atom. The Kier molecular flexibility index (Phi) is 4.81. The summed E-state index contributed by atoms with van der Waals surface area (Å²) in [5.41, 5.74) is 6.08. The van der Waals surface area contributed by atoms with Crippen LogP contribution in [0.3, 0.4) is 0 Å². The highest BCUT2D eigenvalue weighted by molar-refractivity contribution is 5.70. The second-order valence-electron chi connectivity index (χ2n) is 6.39. The molecule has 0 bridgehead atoms. The molecule has 1 atom stereocenters. The second kappa shape index (κ2) is 6.38. The summed E-state index contributed by atoms with van der Waals surface area (Å²) >= 11 is 0. The molecule has 1 heteroatoms. The maximum Gasteiger partial charge on any atom is 0.0192 e. The van der Waals surface area contributed by atoms with Gasteiger partial charge in [-0.25, -0.2) is 0 Å². The summed E-state index contributed by atoms with van der Waals surface area (Å²) in [5.74, 6) is 0.815. The van der Waals surface area contributed by atoms with Crippen molar-refractivity contribution in [3.8, 4) is 0 Å². The summed E-state index contributed by atoms with van der Waals surface area (Å²) in [5, 5.41) is 0. The molecule has 0 saturated carbocycles. The highest BCUT2D eigenvalue weighted by Gasteiger charge is 2.17. The summed E-state index contributed by atoms with van der Waals surface area (Å²) in [7, 11) is 4.35. The average Bonchev–Trinajstić information content (AvgIpc) is 2.51. The Morgan fingerprint density at radius 3 is 2.74 bits per heavy atom. The van der Waals surface area contributed by atoms with E-state index in [0.29, 0.717) is 0 Å². The van der Waals surface area contributed by atoms with E-state index in [0.717, 1.165) is 12.5 Å². The van der Waals surface area contributed by atoms with Crippen molar-refractivity contribution in [1.29, 1.82) is 0 Å². The normalized spacial score (nSPS) is 20.8. The topological polar surface area (TPSA) is 3.24 Å². The number of hydrogen-bond donors (Lipinski definition) is 0. The van der Waals surface area contributed by atoms with Gasteiger partial charge in [0, 0.05) is 6.54 Å². The molecule has 0 N–H and O–H groups in total.